The molecule has 2 unspecified atom stereocenters. The molecule has 1 aromatic carbocycles. The highest BCUT2D eigenvalue weighted by Gasteiger charge is 2.28. The van der Waals surface area contributed by atoms with Crippen molar-refractivity contribution in [3.8, 4) is 0 Å². The van der Waals surface area contributed by atoms with Gasteiger partial charge in [0.15, 0.2) is 0 Å². The summed E-state index contributed by atoms with van der Waals surface area (Å²) in [5, 5.41) is 1.20. The lowest BCUT2D eigenvalue weighted by atomic mass is 10.0. The summed E-state index contributed by atoms with van der Waals surface area (Å²) in [6, 6.07) is 9.04. The normalized spacial score (nSPS) is 22.7. The van der Waals surface area contributed by atoms with E-state index in [9.17, 15) is 0 Å². The number of hydrogen-bond acceptors (Lipinski definition) is 4. The van der Waals surface area contributed by atoms with Gasteiger partial charge in [0.25, 0.3) is 0 Å². The molecule has 19 heavy (non-hydrogen) atoms. The second kappa shape index (κ2) is 5.57. The zero-order valence-corrected chi connectivity index (χ0v) is 12.0. The van der Waals surface area contributed by atoms with E-state index in [1.165, 1.54) is 22.5 Å². The molecular weight excluding hydrogens is 256 g/mol. The largest absolute Gasteiger partial charge is 0.464 e. The maximum absolute atomic E-state index is 6.06. The number of nitrogens with two attached hydrogens (primary N) is 1. The lowest BCUT2D eigenvalue weighted by Gasteiger charge is -2.38. The summed E-state index contributed by atoms with van der Waals surface area (Å²) < 4.78 is 5.67. The Hall–Kier alpha value is -0.970. The number of nitrogens with zero attached hydrogens (tertiary/aromatic N) is 1. The van der Waals surface area contributed by atoms with E-state index in [1.54, 1.807) is 0 Å². The fourth-order valence-electron chi connectivity index (χ4n) is 2.90. The van der Waals surface area contributed by atoms with Crippen molar-refractivity contribution in [1.82, 2.24) is 4.90 Å². The summed E-state index contributed by atoms with van der Waals surface area (Å²) in [4.78, 5) is 2.52. The molecule has 0 aliphatic carbocycles. The van der Waals surface area contributed by atoms with Crippen molar-refractivity contribution in [2.45, 2.75) is 19.0 Å². The molecule has 0 radical (unpaired) electrons. The highest BCUT2D eigenvalue weighted by molar-refractivity contribution is 7.99. The Morgan fingerprint density at radius 3 is 3.11 bits per heavy atom. The first-order valence-electron chi connectivity index (χ1n) is 6.81. The molecule has 1 aliphatic heterocycles. The van der Waals surface area contributed by atoms with E-state index in [0.29, 0.717) is 12.6 Å². The minimum absolute atomic E-state index is 0.263. The summed E-state index contributed by atoms with van der Waals surface area (Å²) in [6.45, 7) is 4.03. The van der Waals surface area contributed by atoms with Gasteiger partial charge in [-0.25, -0.2) is 0 Å². The molecule has 2 N–H and O–H groups in total. The van der Waals surface area contributed by atoms with E-state index < -0.39 is 0 Å². The first kappa shape index (κ1) is 13.0. The van der Waals surface area contributed by atoms with E-state index in [-0.39, 0.29) is 6.04 Å². The molecule has 2 heterocycles. The van der Waals surface area contributed by atoms with E-state index in [4.69, 9.17) is 10.2 Å². The van der Waals surface area contributed by atoms with Crippen LogP contribution in [0.2, 0.25) is 0 Å². The minimum atomic E-state index is 0.263. The Morgan fingerprint density at radius 2 is 2.32 bits per heavy atom. The second-order valence-electron chi connectivity index (χ2n) is 5.10. The molecule has 1 saturated heterocycles. The van der Waals surface area contributed by atoms with Crippen LogP contribution in [0.1, 0.15) is 18.5 Å². The van der Waals surface area contributed by atoms with E-state index in [2.05, 4.69) is 24.0 Å². The molecule has 1 aromatic heterocycles. The summed E-state index contributed by atoms with van der Waals surface area (Å²) in [6.07, 6.45) is 1.89. The van der Waals surface area contributed by atoms with Crippen LogP contribution in [0.15, 0.2) is 34.9 Å². The van der Waals surface area contributed by atoms with Crippen LogP contribution in [0, 0.1) is 0 Å². The van der Waals surface area contributed by atoms with Crippen molar-refractivity contribution in [3.05, 3.63) is 36.1 Å². The van der Waals surface area contributed by atoms with Gasteiger partial charge < -0.3 is 10.2 Å². The number of rotatable bonds is 3. The Kier molecular flexibility index (Phi) is 3.82. The first-order valence-corrected chi connectivity index (χ1v) is 7.96. The molecule has 0 amide bonds. The lowest BCUT2D eigenvalue weighted by Crippen LogP contribution is -2.45. The second-order valence-corrected chi connectivity index (χ2v) is 6.25. The third-order valence-corrected chi connectivity index (χ3v) is 5.10. The van der Waals surface area contributed by atoms with Crippen LogP contribution in [0.5, 0.6) is 0 Å². The van der Waals surface area contributed by atoms with E-state index in [0.717, 1.165) is 12.1 Å². The Morgan fingerprint density at radius 1 is 1.47 bits per heavy atom. The van der Waals surface area contributed by atoms with Crippen LogP contribution in [0.25, 0.3) is 11.0 Å². The van der Waals surface area contributed by atoms with Crippen molar-refractivity contribution in [2.75, 3.05) is 24.6 Å². The standard InChI is InChI=1S/C15H20N2OS/c1-11-10-19-7-6-17(11)14(8-16)13-9-18-15-5-3-2-4-12(13)15/h2-5,9,11,14H,6-8,10,16H2,1H3. The number of para-hydroxylation sites is 1. The molecule has 3 rings (SSSR count). The molecule has 2 atom stereocenters. The quantitative estimate of drug-likeness (QED) is 0.936. The predicted octanol–water partition coefficient (Wildman–Crippen LogP) is 2.87. The van der Waals surface area contributed by atoms with Crippen LogP contribution < -0.4 is 5.73 Å². The molecule has 0 bridgehead atoms. The van der Waals surface area contributed by atoms with Gasteiger partial charge in [0.1, 0.15) is 5.58 Å². The van der Waals surface area contributed by atoms with Crippen molar-refractivity contribution < 1.29 is 4.42 Å². The van der Waals surface area contributed by atoms with Gasteiger partial charge in [0.2, 0.25) is 0 Å². The highest BCUT2D eigenvalue weighted by Crippen LogP contribution is 2.32. The van der Waals surface area contributed by atoms with Gasteiger partial charge in [-0.15, -0.1) is 0 Å². The minimum Gasteiger partial charge on any atom is -0.464 e. The van der Waals surface area contributed by atoms with Gasteiger partial charge >= 0.3 is 0 Å². The smallest absolute Gasteiger partial charge is 0.134 e. The number of hydrogen-bond donors (Lipinski definition) is 1. The maximum atomic E-state index is 6.06. The van der Waals surface area contributed by atoms with Crippen LogP contribution in [0.3, 0.4) is 0 Å². The molecule has 3 nitrogen and oxygen atoms in total. The summed E-state index contributed by atoms with van der Waals surface area (Å²) in [5.41, 5.74) is 8.24. The Labute approximate surface area is 118 Å². The molecule has 1 fully saturated rings. The molecule has 0 spiro atoms. The van der Waals surface area contributed by atoms with Gasteiger partial charge in [-0.2, -0.15) is 11.8 Å². The average Bonchev–Trinajstić information content (AvgIpc) is 2.86. The molecule has 0 saturated carbocycles. The topological polar surface area (TPSA) is 42.4 Å². The zero-order chi connectivity index (χ0) is 13.2. The molecule has 2 aromatic rings. The molecule has 102 valence electrons. The van der Waals surface area contributed by atoms with Gasteiger partial charge in [0.05, 0.1) is 12.3 Å². The lowest BCUT2D eigenvalue weighted by molar-refractivity contribution is 0.166. The van der Waals surface area contributed by atoms with Crippen molar-refractivity contribution in [2.24, 2.45) is 5.73 Å². The Balaban J connectivity index is 1.97. The van der Waals surface area contributed by atoms with Gasteiger partial charge in [-0.05, 0) is 13.0 Å². The van der Waals surface area contributed by atoms with Crippen LogP contribution in [0.4, 0.5) is 0 Å². The van der Waals surface area contributed by atoms with E-state index in [1.807, 2.05) is 30.2 Å². The van der Waals surface area contributed by atoms with Crippen LogP contribution in [-0.4, -0.2) is 35.5 Å². The summed E-state index contributed by atoms with van der Waals surface area (Å²) in [5.74, 6) is 2.38. The van der Waals surface area contributed by atoms with Gasteiger partial charge in [0, 0.05) is 41.6 Å². The van der Waals surface area contributed by atoms with Gasteiger partial charge in [-0.1, -0.05) is 18.2 Å². The van der Waals surface area contributed by atoms with Crippen LogP contribution in [-0.2, 0) is 0 Å². The Bertz CT molecular complexity index is 554. The fourth-order valence-corrected chi connectivity index (χ4v) is 3.94. The summed E-state index contributed by atoms with van der Waals surface area (Å²) >= 11 is 2.03. The monoisotopic (exact) mass is 276 g/mol. The number of benzene rings is 1. The third-order valence-electron chi connectivity index (χ3n) is 3.91. The molecule has 1 aliphatic rings. The molecule has 4 heteroatoms. The SMILES string of the molecule is CC1CSCCN1C(CN)c1coc2ccccc12. The van der Waals surface area contributed by atoms with Crippen LogP contribution >= 0.6 is 11.8 Å². The van der Waals surface area contributed by atoms with Gasteiger partial charge in [-0.3, -0.25) is 4.90 Å². The molecular formula is C15H20N2OS. The number of thioether (sulfide) groups is 1. The average molecular weight is 276 g/mol. The first-order chi connectivity index (χ1) is 9.31. The number of fused-ring (bicyclic) bond motifs is 1. The highest BCUT2D eigenvalue weighted by atomic mass is 32.2. The maximum Gasteiger partial charge on any atom is 0.134 e. The van der Waals surface area contributed by atoms with Crippen molar-refractivity contribution >= 4 is 22.7 Å². The fraction of sp³-hybridized carbons (Fsp3) is 0.467. The van der Waals surface area contributed by atoms with Crippen molar-refractivity contribution in [1.29, 1.82) is 0 Å². The zero-order valence-electron chi connectivity index (χ0n) is 11.2. The summed E-state index contributed by atoms with van der Waals surface area (Å²) in [7, 11) is 0. The predicted molar refractivity (Wildman–Crippen MR) is 81.5 cm³/mol. The van der Waals surface area contributed by atoms with Crippen molar-refractivity contribution in [3.63, 3.8) is 0 Å². The van der Waals surface area contributed by atoms with E-state index >= 15 is 0 Å². The number of furan rings is 1. The third kappa shape index (κ3) is 2.40.